The van der Waals surface area contributed by atoms with Crippen molar-refractivity contribution in [3.8, 4) is 0 Å². The number of nitrogens with zero attached hydrogens (tertiary/aromatic N) is 4. The van der Waals surface area contributed by atoms with Gasteiger partial charge in [-0.1, -0.05) is 5.21 Å². The minimum Gasteiger partial charge on any atom is -0.476 e. The highest BCUT2D eigenvalue weighted by molar-refractivity contribution is 5.84. The number of morpholine rings is 1. The van der Waals surface area contributed by atoms with Crippen LogP contribution in [0.5, 0.6) is 0 Å². The molecule has 1 saturated heterocycles. The molecule has 1 aliphatic rings. The molecule has 1 amide bonds. The molecule has 1 fully saturated rings. The predicted octanol–water partition coefficient (Wildman–Crippen LogP) is -0.388. The van der Waals surface area contributed by atoms with Crippen molar-refractivity contribution >= 4 is 11.9 Å². The predicted molar refractivity (Wildman–Crippen MR) is 63.6 cm³/mol. The second kappa shape index (κ2) is 5.35. The Hall–Kier alpha value is -1.96. The molecule has 0 aliphatic carbocycles. The summed E-state index contributed by atoms with van der Waals surface area (Å²) in [6.07, 6.45) is 1.25. The number of carboxylic acids is 1. The van der Waals surface area contributed by atoms with E-state index in [0.29, 0.717) is 13.2 Å². The lowest BCUT2D eigenvalue weighted by Crippen LogP contribution is -2.51. The minimum absolute atomic E-state index is 0.00507. The van der Waals surface area contributed by atoms with E-state index in [1.807, 2.05) is 13.8 Å². The third kappa shape index (κ3) is 3.08. The standard InChI is InChI=1S/C11H16N4O4/c1-7-6-19-8(2)3-15(7)10(16)5-14-4-9(11(17)18)12-13-14/h4,7-8H,3,5-6H2,1-2H3,(H,17,18). The number of aromatic carboxylic acids is 1. The van der Waals surface area contributed by atoms with Crippen molar-refractivity contribution in [2.75, 3.05) is 13.2 Å². The van der Waals surface area contributed by atoms with Crippen LogP contribution in [-0.2, 0) is 16.1 Å². The van der Waals surface area contributed by atoms with Gasteiger partial charge in [0.15, 0.2) is 5.69 Å². The number of amides is 1. The van der Waals surface area contributed by atoms with Crippen LogP contribution in [-0.4, -0.2) is 62.2 Å². The van der Waals surface area contributed by atoms with Gasteiger partial charge in [-0.3, -0.25) is 4.79 Å². The molecule has 19 heavy (non-hydrogen) atoms. The highest BCUT2D eigenvalue weighted by atomic mass is 16.5. The largest absolute Gasteiger partial charge is 0.476 e. The number of carbonyl (C=O) groups excluding carboxylic acids is 1. The number of ether oxygens (including phenoxy) is 1. The van der Waals surface area contributed by atoms with E-state index in [1.165, 1.54) is 10.9 Å². The van der Waals surface area contributed by atoms with E-state index in [0.717, 1.165) is 0 Å². The third-order valence-corrected chi connectivity index (χ3v) is 2.98. The summed E-state index contributed by atoms with van der Waals surface area (Å²) < 4.78 is 6.68. The van der Waals surface area contributed by atoms with Crippen molar-refractivity contribution in [3.63, 3.8) is 0 Å². The van der Waals surface area contributed by atoms with Crippen LogP contribution < -0.4 is 0 Å². The van der Waals surface area contributed by atoms with Gasteiger partial charge in [-0.15, -0.1) is 5.10 Å². The molecule has 2 rings (SSSR count). The molecule has 8 heteroatoms. The maximum Gasteiger partial charge on any atom is 0.358 e. The normalized spacial score (nSPS) is 23.4. The van der Waals surface area contributed by atoms with Crippen molar-refractivity contribution < 1.29 is 19.4 Å². The molecule has 1 aromatic heterocycles. The summed E-state index contributed by atoms with van der Waals surface area (Å²) in [4.78, 5) is 24.5. The molecule has 2 atom stereocenters. The van der Waals surface area contributed by atoms with Gasteiger partial charge in [0, 0.05) is 6.54 Å². The van der Waals surface area contributed by atoms with Crippen molar-refractivity contribution in [1.82, 2.24) is 19.9 Å². The van der Waals surface area contributed by atoms with Crippen molar-refractivity contribution in [1.29, 1.82) is 0 Å². The van der Waals surface area contributed by atoms with Crippen LogP contribution in [0.1, 0.15) is 24.3 Å². The summed E-state index contributed by atoms with van der Waals surface area (Å²) in [5.41, 5.74) is -0.170. The van der Waals surface area contributed by atoms with Crippen LogP contribution in [0, 0.1) is 0 Å². The molecule has 0 aromatic carbocycles. The van der Waals surface area contributed by atoms with Gasteiger partial charge in [0.05, 0.1) is 24.9 Å². The van der Waals surface area contributed by atoms with Crippen LogP contribution in [0.25, 0.3) is 0 Å². The molecule has 104 valence electrons. The van der Waals surface area contributed by atoms with Crippen LogP contribution in [0.15, 0.2) is 6.20 Å². The Balaban J connectivity index is 2.01. The zero-order valence-electron chi connectivity index (χ0n) is 10.8. The van der Waals surface area contributed by atoms with Crippen LogP contribution >= 0.6 is 0 Å². The van der Waals surface area contributed by atoms with Gasteiger partial charge in [-0.25, -0.2) is 9.48 Å². The van der Waals surface area contributed by atoms with Crippen molar-refractivity contribution in [3.05, 3.63) is 11.9 Å². The number of rotatable bonds is 3. The highest BCUT2D eigenvalue weighted by Gasteiger charge is 2.27. The lowest BCUT2D eigenvalue weighted by Gasteiger charge is -2.36. The first-order valence-corrected chi connectivity index (χ1v) is 6.02. The topological polar surface area (TPSA) is 97.6 Å². The Morgan fingerprint density at radius 2 is 2.26 bits per heavy atom. The Labute approximate surface area is 109 Å². The summed E-state index contributed by atoms with van der Waals surface area (Å²) in [6, 6.07) is 0.00571. The minimum atomic E-state index is -1.16. The van der Waals surface area contributed by atoms with E-state index in [2.05, 4.69) is 10.3 Å². The average molecular weight is 268 g/mol. The molecule has 1 aromatic rings. The Kier molecular flexibility index (Phi) is 3.79. The maximum atomic E-state index is 12.1. The molecular formula is C11H16N4O4. The molecule has 1 aliphatic heterocycles. The monoisotopic (exact) mass is 268 g/mol. The van der Waals surface area contributed by atoms with Gasteiger partial charge in [0.2, 0.25) is 5.91 Å². The molecule has 0 spiro atoms. The molecular weight excluding hydrogens is 252 g/mol. The van der Waals surface area contributed by atoms with Gasteiger partial charge >= 0.3 is 5.97 Å². The first-order valence-electron chi connectivity index (χ1n) is 6.02. The second-order valence-corrected chi connectivity index (χ2v) is 4.65. The SMILES string of the molecule is CC1CN(C(=O)Cn2cc(C(=O)O)nn2)C(C)CO1. The van der Waals surface area contributed by atoms with Crippen molar-refractivity contribution in [2.24, 2.45) is 0 Å². The van der Waals surface area contributed by atoms with E-state index >= 15 is 0 Å². The molecule has 2 heterocycles. The number of aromatic nitrogens is 3. The zero-order chi connectivity index (χ0) is 14.0. The van der Waals surface area contributed by atoms with E-state index in [9.17, 15) is 9.59 Å². The average Bonchev–Trinajstić information content (AvgIpc) is 2.80. The Morgan fingerprint density at radius 1 is 1.53 bits per heavy atom. The summed E-state index contributed by atoms with van der Waals surface area (Å²) in [7, 11) is 0. The molecule has 0 bridgehead atoms. The second-order valence-electron chi connectivity index (χ2n) is 4.65. The fourth-order valence-electron chi connectivity index (χ4n) is 1.95. The molecule has 0 radical (unpaired) electrons. The molecule has 0 saturated carbocycles. The molecule has 8 nitrogen and oxygen atoms in total. The lowest BCUT2D eigenvalue weighted by atomic mass is 10.2. The highest BCUT2D eigenvalue weighted by Crippen LogP contribution is 2.12. The summed E-state index contributed by atoms with van der Waals surface area (Å²) in [5, 5.41) is 15.8. The van der Waals surface area contributed by atoms with E-state index < -0.39 is 5.97 Å². The van der Waals surface area contributed by atoms with E-state index in [1.54, 1.807) is 4.90 Å². The van der Waals surface area contributed by atoms with Gasteiger partial charge in [-0.05, 0) is 13.8 Å². The van der Waals surface area contributed by atoms with Gasteiger partial charge < -0.3 is 14.7 Å². The van der Waals surface area contributed by atoms with Gasteiger partial charge in [-0.2, -0.15) is 0 Å². The number of hydrogen-bond donors (Lipinski definition) is 1. The van der Waals surface area contributed by atoms with Crippen LogP contribution in [0.4, 0.5) is 0 Å². The number of carbonyl (C=O) groups is 2. The fraction of sp³-hybridized carbons (Fsp3) is 0.636. The first-order chi connectivity index (χ1) is 8.97. The Bertz CT molecular complexity index is 487. The lowest BCUT2D eigenvalue weighted by molar-refractivity contribution is -0.144. The van der Waals surface area contributed by atoms with Gasteiger partial charge in [0.25, 0.3) is 0 Å². The summed E-state index contributed by atoms with van der Waals surface area (Å²) in [6.45, 7) is 4.83. The Morgan fingerprint density at radius 3 is 2.89 bits per heavy atom. The zero-order valence-corrected chi connectivity index (χ0v) is 10.8. The number of carboxylic acid groups (broad SMARTS) is 1. The van der Waals surface area contributed by atoms with Crippen molar-refractivity contribution in [2.45, 2.75) is 32.5 Å². The van der Waals surface area contributed by atoms with Gasteiger partial charge in [0.1, 0.15) is 6.54 Å². The first kappa shape index (κ1) is 13.5. The smallest absolute Gasteiger partial charge is 0.358 e. The summed E-state index contributed by atoms with van der Waals surface area (Å²) >= 11 is 0. The van der Waals surface area contributed by atoms with E-state index in [-0.39, 0.29) is 30.3 Å². The maximum absolute atomic E-state index is 12.1. The van der Waals surface area contributed by atoms with Crippen LogP contribution in [0.3, 0.4) is 0 Å². The van der Waals surface area contributed by atoms with E-state index in [4.69, 9.17) is 9.84 Å². The quantitative estimate of drug-likeness (QED) is 0.802. The summed E-state index contributed by atoms with van der Waals surface area (Å²) in [5.74, 6) is -1.28. The number of hydrogen-bond acceptors (Lipinski definition) is 5. The fourth-order valence-corrected chi connectivity index (χ4v) is 1.95. The van der Waals surface area contributed by atoms with Crippen LogP contribution in [0.2, 0.25) is 0 Å². The third-order valence-electron chi connectivity index (χ3n) is 2.98. The molecule has 1 N–H and O–H groups in total. The molecule has 2 unspecified atom stereocenters.